The highest BCUT2D eigenvalue weighted by Crippen LogP contribution is 2.22. The van der Waals surface area contributed by atoms with Gasteiger partial charge in [0.2, 0.25) is 5.95 Å². The summed E-state index contributed by atoms with van der Waals surface area (Å²) in [5, 5.41) is 14.4. The molecule has 3 aromatic rings. The smallest absolute Gasteiger partial charge is 0.249 e. The number of halogens is 1. The van der Waals surface area contributed by atoms with E-state index in [1.54, 1.807) is 6.20 Å². The first-order chi connectivity index (χ1) is 11.1. The van der Waals surface area contributed by atoms with E-state index in [2.05, 4.69) is 48.7 Å². The van der Waals surface area contributed by atoms with Gasteiger partial charge in [-0.05, 0) is 49.7 Å². The van der Waals surface area contributed by atoms with Crippen LogP contribution in [0.2, 0.25) is 0 Å². The molecule has 1 aromatic heterocycles. The topological polar surface area (TPSA) is 62.7 Å². The zero-order valence-corrected chi connectivity index (χ0v) is 14.4. The van der Waals surface area contributed by atoms with Gasteiger partial charge in [0.1, 0.15) is 0 Å². The van der Waals surface area contributed by atoms with Crippen molar-refractivity contribution in [2.45, 2.75) is 13.8 Å². The summed E-state index contributed by atoms with van der Waals surface area (Å²) in [5.74, 6) is 1.09. The first kappa shape index (κ1) is 15.4. The van der Waals surface area contributed by atoms with E-state index in [1.807, 2.05) is 49.4 Å². The van der Waals surface area contributed by atoms with Crippen molar-refractivity contribution in [1.82, 2.24) is 15.2 Å². The van der Waals surface area contributed by atoms with Crippen LogP contribution in [0.4, 0.5) is 23.1 Å². The number of nitrogens with zero attached hydrogens (tertiary/aromatic N) is 3. The minimum Gasteiger partial charge on any atom is -0.339 e. The molecule has 0 aliphatic rings. The van der Waals surface area contributed by atoms with Gasteiger partial charge in [-0.3, -0.25) is 0 Å². The maximum Gasteiger partial charge on any atom is 0.249 e. The molecular weight excluding hydrogens is 354 g/mol. The molecule has 0 unspecified atom stereocenters. The zero-order chi connectivity index (χ0) is 16.2. The van der Waals surface area contributed by atoms with Gasteiger partial charge in [-0.2, -0.15) is 10.1 Å². The molecule has 0 aliphatic carbocycles. The molecule has 23 heavy (non-hydrogen) atoms. The molecule has 0 fully saturated rings. The second kappa shape index (κ2) is 6.75. The summed E-state index contributed by atoms with van der Waals surface area (Å²) in [6.45, 7) is 4.09. The number of aromatic nitrogens is 3. The van der Waals surface area contributed by atoms with Crippen LogP contribution in [-0.2, 0) is 0 Å². The Balaban J connectivity index is 1.76. The molecule has 0 amide bonds. The molecule has 5 nitrogen and oxygen atoms in total. The van der Waals surface area contributed by atoms with E-state index >= 15 is 0 Å². The predicted molar refractivity (Wildman–Crippen MR) is 96.5 cm³/mol. The lowest BCUT2D eigenvalue weighted by Gasteiger charge is -2.09. The quantitative estimate of drug-likeness (QED) is 0.695. The second-order valence-electron chi connectivity index (χ2n) is 5.25. The van der Waals surface area contributed by atoms with Gasteiger partial charge in [-0.1, -0.05) is 33.6 Å². The van der Waals surface area contributed by atoms with Crippen LogP contribution in [0.3, 0.4) is 0 Å². The van der Waals surface area contributed by atoms with E-state index < -0.39 is 0 Å². The monoisotopic (exact) mass is 369 g/mol. The Morgan fingerprint density at radius 3 is 2.39 bits per heavy atom. The largest absolute Gasteiger partial charge is 0.339 e. The molecule has 3 rings (SSSR count). The van der Waals surface area contributed by atoms with E-state index in [9.17, 15) is 0 Å². The van der Waals surface area contributed by atoms with Crippen LogP contribution in [0.1, 0.15) is 11.1 Å². The summed E-state index contributed by atoms with van der Waals surface area (Å²) in [5.41, 5.74) is 4.22. The van der Waals surface area contributed by atoms with Crippen molar-refractivity contribution in [2.24, 2.45) is 0 Å². The lowest BCUT2D eigenvalue weighted by atomic mass is 10.2. The van der Waals surface area contributed by atoms with Gasteiger partial charge in [0, 0.05) is 15.8 Å². The van der Waals surface area contributed by atoms with Gasteiger partial charge in [0.25, 0.3) is 0 Å². The maximum absolute atomic E-state index is 4.43. The van der Waals surface area contributed by atoms with Crippen LogP contribution in [0, 0.1) is 13.8 Å². The van der Waals surface area contributed by atoms with Crippen molar-refractivity contribution in [3.05, 3.63) is 64.3 Å². The van der Waals surface area contributed by atoms with Crippen molar-refractivity contribution in [2.75, 3.05) is 10.6 Å². The Hall–Kier alpha value is -2.47. The maximum atomic E-state index is 4.43. The molecule has 6 heteroatoms. The average molecular weight is 370 g/mol. The summed E-state index contributed by atoms with van der Waals surface area (Å²) in [6, 6.07) is 14.1. The standard InChI is InChI=1S/C17H16BrN5/c1-11-3-5-13(6-4-11)20-16-10-19-23-17(22-16)21-14-7-8-15(18)12(2)9-14/h3-10H,1-2H3,(H2,20,21,22,23). The fraction of sp³-hybridized carbons (Fsp3) is 0.118. The van der Waals surface area contributed by atoms with E-state index in [0.717, 1.165) is 21.4 Å². The van der Waals surface area contributed by atoms with Crippen molar-refractivity contribution >= 4 is 39.1 Å². The second-order valence-corrected chi connectivity index (χ2v) is 6.10. The zero-order valence-electron chi connectivity index (χ0n) is 12.8. The van der Waals surface area contributed by atoms with Gasteiger partial charge < -0.3 is 10.6 Å². The Labute approximate surface area is 143 Å². The minimum absolute atomic E-state index is 0.448. The SMILES string of the molecule is Cc1ccc(Nc2cnnc(Nc3ccc(Br)c(C)c3)n2)cc1. The summed E-state index contributed by atoms with van der Waals surface area (Å²) in [6.07, 6.45) is 1.60. The van der Waals surface area contributed by atoms with Crippen LogP contribution in [0.5, 0.6) is 0 Å². The number of hydrogen-bond donors (Lipinski definition) is 2. The molecule has 0 radical (unpaired) electrons. The van der Waals surface area contributed by atoms with E-state index in [0.29, 0.717) is 11.8 Å². The van der Waals surface area contributed by atoms with E-state index in [4.69, 9.17) is 0 Å². The number of anilines is 4. The Kier molecular flexibility index (Phi) is 4.52. The van der Waals surface area contributed by atoms with Gasteiger partial charge in [0.05, 0.1) is 6.20 Å². The Bertz CT molecular complexity index is 817. The lowest BCUT2D eigenvalue weighted by Crippen LogP contribution is -2.02. The highest BCUT2D eigenvalue weighted by atomic mass is 79.9. The van der Waals surface area contributed by atoms with Gasteiger partial charge >= 0.3 is 0 Å². The van der Waals surface area contributed by atoms with E-state index in [1.165, 1.54) is 5.56 Å². The number of rotatable bonds is 4. The highest BCUT2D eigenvalue weighted by molar-refractivity contribution is 9.10. The molecule has 2 N–H and O–H groups in total. The number of hydrogen-bond acceptors (Lipinski definition) is 5. The Morgan fingerprint density at radius 1 is 0.913 bits per heavy atom. The summed E-state index contributed by atoms with van der Waals surface area (Å²) < 4.78 is 1.07. The van der Waals surface area contributed by atoms with Crippen LogP contribution in [-0.4, -0.2) is 15.2 Å². The van der Waals surface area contributed by atoms with E-state index in [-0.39, 0.29) is 0 Å². The van der Waals surface area contributed by atoms with Crippen molar-refractivity contribution in [3.8, 4) is 0 Å². The molecule has 0 aliphatic heterocycles. The van der Waals surface area contributed by atoms with Crippen molar-refractivity contribution in [3.63, 3.8) is 0 Å². The van der Waals surface area contributed by atoms with Crippen LogP contribution in [0.25, 0.3) is 0 Å². The predicted octanol–water partition coefficient (Wildman–Crippen LogP) is 4.74. The number of aryl methyl sites for hydroxylation is 2. The fourth-order valence-electron chi connectivity index (χ4n) is 2.05. The van der Waals surface area contributed by atoms with Crippen LogP contribution < -0.4 is 10.6 Å². The van der Waals surface area contributed by atoms with Gasteiger partial charge in [-0.15, -0.1) is 5.10 Å². The molecular formula is C17H16BrN5. The molecule has 2 aromatic carbocycles. The first-order valence-electron chi connectivity index (χ1n) is 7.17. The summed E-state index contributed by atoms with van der Waals surface area (Å²) in [4.78, 5) is 4.43. The summed E-state index contributed by atoms with van der Waals surface area (Å²) >= 11 is 3.49. The van der Waals surface area contributed by atoms with Gasteiger partial charge in [0.15, 0.2) is 5.82 Å². The normalized spacial score (nSPS) is 10.4. The number of nitrogens with one attached hydrogen (secondary N) is 2. The van der Waals surface area contributed by atoms with Crippen molar-refractivity contribution < 1.29 is 0 Å². The number of benzene rings is 2. The fourth-order valence-corrected chi connectivity index (χ4v) is 2.30. The van der Waals surface area contributed by atoms with Crippen molar-refractivity contribution in [1.29, 1.82) is 0 Å². The molecule has 0 saturated heterocycles. The molecule has 1 heterocycles. The van der Waals surface area contributed by atoms with Crippen LogP contribution >= 0.6 is 15.9 Å². The third-order valence-electron chi connectivity index (χ3n) is 3.30. The third kappa shape index (κ3) is 4.04. The molecule has 0 bridgehead atoms. The molecule has 0 spiro atoms. The van der Waals surface area contributed by atoms with Crippen LogP contribution in [0.15, 0.2) is 53.1 Å². The molecule has 0 saturated carbocycles. The lowest BCUT2D eigenvalue weighted by molar-refractivity contribution is 0.982. The first-order valence-corrected chi connectivity index (χ1v) is 7.96. The molecule has 116 valence electrons. The molecule has 0 atom stereocenters. The average Bonchev–Trinajstić information content (AvgIpc) is 2.54. The highest BCUT2D eigenvalue weighted by Gasteiger charge is 2.03. The third-order valence-corrected chi connectivity index (χ3v) is 4.19. The minimum atomic E-state index is 0.448. The van der Waals surface area contributed by atoms with Gasteiger partial charge in [-0.25, -0.2) is 0 Å². The summed E-state index contributed by atoms with van der Waals surface area (Å²) in [7, 11) is 0. The Morgan fingerprint density at radius 2 is 1.65 bits per heavy atom.